The summed E-state index contributed by atoms with van der Waals surface area (Å²) in [5, 5.41) is 18.9. The van der Waals surface area contributed by atoms with Crippen LogP contribution in [-0.2, 0) is 0 Å². The monoisotopic (exact) mass is 1070 g/mol. The third-order valence-corrected chi connectivity index (χ3v) is 14.1. The first-order valence-corrected chi connectivity index (χ1v) is 27.2. The summed E-state index contributed by atoms with van der Waals surface area (Å²) >= 11 is 0. The van der Waals surface area contributed by atoms with E-state index in [1.165, 1.54) is 19.3 Å². The molecule has 3 fully saturated rings. The van der Waals surface area contributed by atoms with Gasteiger partial charge in [-0.1, -0.05) is 27.2 Å². The average Bonchev–Trinajstić information content (AvgIpc) is 4.13. The van der Waals surface area contributed by atoms with Crippen molar-refractivity contribution in [3.05, 3.63) is 121 Å². The minimum atomic E-state index is -0.548. The molecule has 3 aliphatic rings. The number of hydrogen-bond donors (Lipinski definition) is 5. The third-order valence-electron chi connectivity index (χ3n) is 14.1. The molecule has 11 rings (SSSR count). The smallest absolute Gasteiger partial charge is 0.270 e. The molecule has 6 aromatic heterocycles. The van der Waals surface area contributed by atoms with Crippen molar-refractivity contribution in [2.24, 2.45) is 5.41 Å². The summed E-state index contributed by atoms with van der Waals surface area (Å²) in [4.78, 5) is 70.1. The Morgan fingerprint density at radius 2 is 1.04 bits per heavy atom. The van der Waals surface area contributed by atoms with Crippen molar-refractivity contribution < 1.29 is 24.2 Å². The topological polar surface area (TPSA) is 222 Å². The second kappa shape index (κ2) is 24.7. The summed E-state index contributed by atoms with van der Waals surface area (Å²) in [6, 6.07) is 26.5. The Kier molecular flexibility index (Phi) is 17.0. The number of carbonyl (C=O) groups excluding carboxylic acids is 2. The summed E-state index contributed by atoms with van der Waals surface area (Å²) in [6.07, 6.45) is 9.90. The summed E-state index contributed by atoms with van der Waals surface area (Å²) in [6.45, 7) is 16.4. The number of fused-ring (bicyclic) bond motifs is 2. The Hall–Kier alpha value is -8.04. The van der Waals surface area contributed by atoms with Gasteiger partial charge in [0.25, 0.3) is 11.8 Å². The van der Waals surface area contributed by atoms with Gasteiger partial charge in [-0.2, -0.15) is 0 Å². The molecule has 5 N–H and O–H groups in total. The molecule has 1 unspecified atom stereocenters. The van der Waals surface area contributed by atoms with Gasteiger partial charge in [-0.25, -0.2) is 19.9 Å². The summed E-state index contributed by atoms with van der Waals surface area (Å²) in [5.41, 5.74) is 7.42. The SMILES string of the molecule is CN1CCN(C(=O)c2cc3cc(Nc4nccc(-c5cc(OCC(C)(C)C)ccn5)n4)ccc3[nH]2)CC1.CN1CCN(C(=O)c2cc3cc(Nc4nccc(-c5cc(OCC(O)CN6CCCCC6)ccn5)n4)ccc3[nH]2)CC1. The lowest BCUT2D eigenvalue weighted by atomic mass is 9.99. The molecular weight excluding hydrogens is 999 g/mol. The number of pyridine rings is 2. The normalized spacial score (nSPS) is 16.1. The van der Waals surface area contributed by atoms with Gasteiger partial charge in [0, 0.05) is 129 Å². The first-order valence-electron chi connectivity index (χ1n) is 27.2. The van der Waals surface area contributed by atoms with E-state index in [0.717, 1.165) is 104 Å². The highest BCUT2D eigenvalue weighted by Gasteiger charge is 2.24. The fourth-order valence-corrected chi connectivity index (χ4v) is 9.66. The molecule has 0 bridgehead atoms. The number of carbonyl (C=O) groups is 2. The Morgan fingerprint density at radius 3 is 1.52 bits per heavy atom. The molecule has 1 atom stereocenters. The number of amides is 2. The van der Waals surface area contributed by atoms with Gasteiger partial charge in [0.1, 0.15) is 35.6 Å². The molecule has 412 valence electrons. The van der Waals surface area contributed by atoms with Crippen LogP contribution in [0.3, 0.4) is 0 Å². The Bertz CT molecular complexity index is 3350. The number of anilines is 4. The average molecular weight is 1070 g/mol. The highest BCUT2D eigenvalue weighted by molar-refractivity contribution is 6.00. The molecule has 20 heteroatoms. The van der Waals surface area contributed by atoms with Gasteiger partial charge in [-0.05, 0) is 118 Å². The lowest BCUT2D eigenvalue weighted by molar-refractivity contribution is 0.0617. The zero-order valence-corrected chi connectivity index (χ0v) is 45.8. The molecular formula is C59H71N15O5. The van der Waals surface area contributed by atoms with Crippen LogP contribution in [0.2, 0.25) is 0 Å². The number of nitrogens with zero attached hydrogens (tertiary/aromatic N) is 11. The van der Waals surface area contributed by atoms with E-state index in [-0.39, 0.29) is 23.8 Å². The van der Waals surface area contributed by atoms with Crippen LogP contribution in [0.1, 0.15) is 61.0 Å². The predicted octanol–water partition coefficient (Wildman–Crippen LogP) is 7.95. The molecule has 0 saturated carbocycles. The number of aromatic amines is 2. The number of likely N-dealkylation sites (tertiary alicyclic amines) is 1. The molecule has 0 radical (unpaired) electrons. The van der Waals surface area contributed by atoms with Gasteiger partial charge in [0.15, 0.2) is 0 Å². The Labute approximate surface area is 460 Å². The number of benzene rings is 2. The number of piperidine rings is 1. The van der Waals surface area contributed by atoms with Gasteiger partial charge in [-0.3, -0.25) is 19.6 Å². The third kappa shape index (κ3) is 14.6. The largest absolute Gasteiger partial charge is 0.493 e. The quantitative estimate of drug-likeness (QED) is 0.0657. The Morgan fingerprint density at radius 1 is 0.570 bits per heavy atom. The first-order chi connectivity index (χ1) is 38.2. The number of likely N-dealkylation sites (N-methyl/N-ethyl adjacent to an activating group) is 2. The van der Waals surface area contributed by atoms with Crippen LogP contribution >= 0.6 is 0 Å². The number of H-pyrrole nitrogens is 2. The zero-order valence-electron chi connectivity index (χ0n) is 45.8. The van der Waals surface area contributed by atoms with Crippen LogP contribution in [-0.4, -0.2) is 187 Å². The van der Waals surface area contributed by atoms with Crippen LogP contribution in [0.15, 0.2) is 110 Å². The summed E-state index contributed by atoms with van der Waals surface area (Å²) in [5.74, 6) is 2.35. The Balaban J connectivity index is 0.000000180. The fourth-order valence-electron chi connectivity index (χ4n) is 9.66. The van der Waals surface area contributed by atoms with Crippen LogP contribution in [0.4, 0.5) is 23.3 Å². The van der Waals surface area contributed by atoms with Crippen LogP contribution in [0, 0.1) is 5.41 Å². The summed E-state index contributed by atoms with van der Waals surface area (Å²) in [7, 11) is 4.15. The lowest BCUT2D eigenvalue weighted by Gasteiger charge is -2.32. The predicted molar refractivity (Wildman–Crippen MR) is 307 cm³/mol. The number of aromatic nitrogens is 8. The van der Waals surface area contributed by atoms with Gasteiger partial charge in [0.05, 0.1) is 29.4 Å². The fraction of sp³-hybridized carbons (Fsp3) is 0.390. The molecule has 20 nitrogen and oxygen atoms in total. The summed E-state index contributed by atoms with van der Waals surface area (Å²) < 4.78 is 11.8. The molecule has 3 aliphatic heterocycles. The standard InChI is InChI=1S/C31H38N8O3.C28H33N7O2/c1-37-13-15-39(16-14-37)30(41)29-18-22-17-23(5-6-26(22)35-29)34-31-33-10-8-27(36-31)28-19-25(7-9-32-28)42-21-24(40)20-38-11-3-2-4-12-38;1-28(2,3)18-37-21-7-9-29-24(17-21)23-8-10-30-27(33-23)31-20-5-6-22-19(15-20)16-25(32-22)26(36)35-13-11-34(4)12-14-35/h5-10,17-19,24,35,40H,2-4,11-16,20-21H2,1H3,(H,33,34,36);5-10,15-17,32H,11-14,18H2,1-4H3,(H,30,31,33). The maximum absolute atomic E-state index is 13.0. The molecule has 2 aromatic carbocycles. The van der Waals surface area contributed by atoms with E-state index in [1.807, 2.05) is 82.6 Å². The van der Waals surface area contributed by atoms with E-state index in [2.05, 4.69) is 100 Å². The number of aliphatic hydroxyl groups excluding tert-OH is 1. The maximum atomic E-state index is 13.0. The van der Waals surface area contributed by atoms with E-state index in [9.17, 15) is 14.7 Å². The first kappa shape index (κ1) is 54.3. The van der Waals surface area contributed by atoms with Crippen molar-refractivity contribution in [1.29, 1.82) is 0 Å². The maximum Gasteiger partial charge on any atom is 0.270 e. The van der Waals surface area contributed by atoms with E-state index in [4.69, 9.17) is 9.47 Å². The van der Waals surface area contributed by atoms with E-state index in [1.54, 1.807) is 36.9 Å². The molecule has 3 saturated heterocycles. The van der Waals surface area contributed by atoms with Crippen molar-refractivity contribution in [3.8, 4) is 34.3 Å². The second-order valence-electron chi connectivity index (χ2n) is 21.9. The van der Waals surface area contributed by atoms with Crippen LogP contribution < -0.4 is 20.1 Å². The van der Waals surface area contributed by atoms with Gasteiger partial charge in [-0.15, -0.1) is 0 Å². The zero-order chi connectivity index (χ0) is 54.9. The minimum absolute atomic E-state index is 0.0278. The van der Waals surface area contributed by atoms with E-state index >= 15 is 0 Å². The number of aliphatic hydroxyl groups is 1. The highest BCUT2D eigenvalue weighted by atomic mass is 16.5. The molecule has 0 aliphatic carbocycles. The van der Waals surface area contributed by atoms with Gasteiger partial charge in [0.2, 0.25) is 11.9 Å². The molecule has 0 spiro atoms. The minimum Gasteiger partial charge on any atom is -0.493 e. The van der Waals surface area contributed by atoms with Crippen molar-refractivity contribution in [2.75, 3.05) is 110 Å². The number of nitrogens with one attached hydrogen (secondary N) is 4. The lowest BCUT2D eigenvalue weighted by Crippen LogP contribution is -2.47. The van der Waals surface area contributed by atoms with Gasteiger partial charge >= 0.3 is 0 Å². The van der Waals surface area contributed by atoms with Crippen molar-refractivity contribution in [2.45, 2.75) is 46.1 Å². The number of rotatable bonds is 15. The van der Waals surface area contributed by atoms with Gasteiger partial charge < -0.3 is 59.7 Å². The van der Waals surface area contributed by atoms with Crippen LogP contribution in [0.25, 0.3) is 44.6 Å². The van der Waals surface area contributed by atoms with Crippen molar-refractivity contribution >= 4 is 56.9 Å². The van der Waals surface area contributed by atoms with Crippen molar-refractivity contribution in [3.63, 3.8) is 0 Å². The molecule has 9 heterocycles. The number of β-amino-alcohol motifs (C(OH)–C–C–N with tert-alkyl or cyclic N) is 1. The van der Waals surface area contributed by atoms with E-state index < -0.39 is 6.10 Å². The molecule has 8 aromatic rings. The van der Waals surface area contributed by atoms with E-state index in [0.29, 0.717) is 65.0 Å². The number of ether oxygens (including phenoxy) is 2. The highest BCUT2D eigenvalue weighted by Crippen LogP contribution is 2.28. The molecule has 2 amide bonds. The molecule has 79 heavy (non-hydrogen) atoms. The number of hydrogen-bond acceptors (Lipinski definition) is 16. The number of piperazine rings is 2. The van der Waals surface area contributed by atoms with Crippen molar-refractivity contribution in [1.82, 2.24) is 64.4 Å². The second-order valence-corrected chi connectivity index (χ2v) is 21.9. The van der Waals surface area contributed by atoms with Crippen LogP contribution in [0.5, 0.6) is 11.5 Å².